The van der Waals surface area contributed by atoms with Crippen LogP contribution in [0.5, 0.6) is 5.75 Å². The average Bonchev–Trinajstić information content (AvgIpc) is 2.78. The van der Waals surface area contributed by atoms with Gasteiger partial charge in [-0.1, -0.05) is 25.4 Å². The number of anilines is 3. The molecule has 4 rings (SSSR count). The molecule has 1 fully saturated rings. The van der Waals surface area contributed by atoms with Gasteiger partial charge in [0.1, 0.15) is 5.75 Å². The highest BCUT2D eigenvalue weighted by molar-refractivity contribution is 6.30. The van der Waals surface area contributed by atoms with Gasteiger partial charge < -0.3 is 29.9 Å². The summed E-state index contributed by atoms with van der Waals surface area (Å²) in [6, 6.07) is 5.71. The van der Waals surface area contributed by atoms with Crippen LogP contribution in [0.1, 0.15) is 31.9 Å². The van der Waals surface area contributed by atoms with Crippen molar-refractivity contribution in [3.8, 4) is 5.75 Å². The molecule has 1 saturated heterocycles. The second-order valence-corrected chi connectivity index (χ2v) is 10.1. The number of benzene rings is 1. The van der Waals surface area contributed by atoms with Crippen LogP contribution < -0.4 is 20.3 Å². The minimum absolute atomic E-state index is 0.00502. The highest BCUT2D eigenvalue weighted by atomic mass is 35.5. The van der Waals surface area contributed by atoms with Crippen molar-refractivity contribution in [1.29, 1.82) is 0 Å². The largest absolute Gasteiger partial charge is 0.493 e. The Kier molecular flexibility index (Phi) is 7.41. The summed E-state index contributed by atoms with van der Waals surface area (Å²) in [5.74, 6) is 2.60. The topological polar surface area (TPSA) is 87.7 Å². The van der Waals surface area contributed by atoms with E-state index in [1.165, 1.54) is 0 Å². The maximum absolute atomic E-state index is 6.26. The van der Waals surface area contributed by atoms with Gasteiger partial charge in [-0.2, -0.15) is 15.0 Å². The molecule has 10 heteroatoms. The molecule has 0 saturated carbocycles. The SMILES string of the molecule is CN(C)CC(C)(C)CNc1nc(NC2CCOc3ccc(Cl)cc32)nc(N2CCOCC2)n1. The molecule has 3 heterocycles. The zero-order chi connectivity index (χ0) is 23.4. The Bertz CT molecular complexity index is 950. The summed E-state index contributed by atoms with van der Waals surface area (Å²) in [5, 5.41) is 7.63. The van der Waals surface area contributed by atoms with E-state index in [2.05, 4.69) is 48.4 Å². The van der Waals surface area contributed by atoms with Crippen LogP contribution >= 0.6 is 11.6 Å². The second kappa shape index (κ2) is 10.3. The number of ether oxygens (including phenoxy) is 2. The first-order valence-electron chi connectivity index (χ1n) is 11.5. The van der Waals surface area contributed by atoms with Gasteiger partial charge in [0, 0.05) is 43.2 Å². The van der Waals surface area contributed by atoms with Crippen LogP contribution in [0.2, 0.25) is 5.02 Å². The van der Waals surface area contributed by atoms with E-state index in [4.69, 9.17) is 36.0 Å². The lowest BCUT2D eigenvalue weighted by Crippen LogP contribution is -2.38. The number of fused-ring (bicyclic) bond motifs is 1. The normalized spacial score (nSPS) is 18.6. The number of aromatic nitrogens is 3. The molecule has 1 aromatic carbocycles. The fraction of sp³-hybridized carbons (Fsp3) is 0.609. The molecule has 2 aliphatic heterocycles. The van der Waals surface area contributed by atoms with E-state index in [1.807, 2.05) is 18.2 Å². The van der Waals surface area contributed by atoms with E-state index in [0.717, 1.165) is 43.9 Å². The Labute approximate surface area is 200 Å². The van der Waals surface area contributed by atoms with Gasteiger partial charge in [-0.3, -0.25) is 0 Å². The summed E-state index contributed by atoms with van der Waals surface area (Å²) in [6.07, 6.45) is 0.796. The first kappa shape index (κ1) is 23.8. The average molecular weight is 476 g/mol. The first-order valence-corrected chi connectivity index (χ1v) is 11.8. The quantitative estimate of drug-likeness (QED) is 0.597. The molecule has 1 atom stereocenters. The van der Waals surface area contributed by atoms with Crippen molar-refractivity contribution >= 4 is 29.4 Å². The summed E-state index contributed by atoms with van der Waals surface area (Å²) < 4.78 is 11.3. The fourth-order valence-electron chi connectivity index (χ4n) is 4.31. The Balaban J connectivity index is 1.58. The second-order valence-electron chi connectivity index (χ2n) is 9.65. The fourth-order valence-corrected chi connectivity index (χ4v) is 4.50. The Morgan fingerprint density at radius 2 is 1.88 bits per heavy atom. The lowest BCUT2D eigenvalue weighted by atomic mass is 9.93. The predicted octanol–water partition coefficient (Wildman–Crippen LogP) is 3.30. The lowest BCUT2D eigenvalue weighted by Gasteiger charge is -2.30. The number of morpholine rings is 1. The first-order chi connectivity index (χ1) is 15.8. The van der Waals surface area contributed by atoms with Gasteiger partial charge in [0.05, 0.1) is 25.9 Å². The van der Waals surface area contributed by atoms with Crippen LogP contribution in [-0.4, -0.2) is 79.9 Å². The Morgan fingerprint density at radius 1 is 1.12 bits per heavy atom. The molecule has 9 nitrogen and oxygen atoms in total. The van der Waals surface area contributed by atoms with Crippen molar-refractivity contribution < 1.29 is 9.47 Å². The molecule has 1 aromatic heterocycles. The van der Waals surface area contributed by atoms with Gasteiger partial charge in [-0.05, 0) is 37.7 Å². The molecule has 0 bridgehead atoms. The van der Waals surface area contributed by atoms with E-state index in [9.17, 15) is 0 Å². The standard InChI is InChI=1S/C23H34ClN7O2/c1-23(2,15-30(3)4)14-25-20-27-21(29-22(28-20)31-8-11-32-12-9-31)26-18-7-10-33-19-6-5-16(24)13-17(18)19/h5-6,13,18H,7-12,14-15H2,1-4H3,(H2,25,26,27,28,29). The van der Waals surface area contributed by atoms with E-state index < -0.39 is 0 Å². The van der Waals surface area contributed by atoms with Gasteiger partial charge in [-0.25, -0.2) is 0 Å². The van der Waals surface area contributed by atoms with Crippen molar-refractivity contribution in [1.82, 2.24) is 19.9 Å². The highest BCUT2D eigenvalue weighted by Gasteiger charge is 2.25. The third kappa shape index (κ3) is 6.37. The maximum Gasteiger partial charge on any atom is 0.232 e. The third-order valence-corrected chi connectivity index (χ3v) is 5.94. The molecular formula is C23H34ClN7O2. The molecule has 0 amide bonds. The molecule has 2 aliphatic rings. The van der Waals surface area contributed by atoms with Crippen LogP contribution in [0.4, 0.5) is 17.8 Å². The van der Waals surface area contributed by atoms with Gasteiger partial charge in [0.25, 0.3) is 0 Å². The number of rotatable bonds is 8. The van der Waals surface area contributed by atoms with Crippen molar-refractivity contribution in [3.63, 3.8) is 0 Å². The smallest absolute Gasteiger partial charge is 0.232 e. The van der Waals surface area contributed by atoms with Crippen molar-refractivity contribution in [2.24, 2.45) is 5.41 Å². The van der Waals surface area contributed by atoms with Crippen LogP contribution in [-0.2, 0) is 4.74 Å². The number of halogens is 1. The van der Waals surface area contributed by atoms with Crippen LogP contribution in [0.3, 0.4) is 0 Å². The zero-order valence-electron chi connectivity index (χ0n) is 19.9. The molecule has 0 spiro atoms. The molecule has 1 unspecified atom stereocenters. The van der Waals surface area contributed by atoms with E-state index >= 15 is 0 Å². The summed E-state index contributed by atoms with van der Waals surface area (Å²) in [5.41, 5.74) is 1.07. The number of nitrogens with one attached hydrogen (secondary N) is 2. The third-order valence-electron chi connectivity index (χ3n) is 5.70. The predicted molar refractivity (Wildman–Crippen MR) is 132 cm³/mol. The molecule has 2 aromatic rings. The molecule has 33 heavy (non-hydrogen) atoms. The summed E-state index contributed by atoms with van der Waals surface area (Å²) in [7, 11) is 4.17. The van der Waals surface area contributed by atoms with Crippen molar-refractivity contribution in [2.75, 3.05) is 75.6 Å². The van der Waals surface area contributed by atoms with Gasteiger partial charge >= 0.3 is 0 Å². The Hall–Kier alpha value is -2.36. The highest BCUT2D eigenvalue weighted by Crippen LogP contribution is 2.36. The number of hydrogen-bond donors (Lipinski definition) is 2. The van der Waals surface area contributed by atoms with Crippen LogP contribution in [0, 0.1) is 5.41 Å². The van der Waals surface area contributed by atoms with Crippen LogP contribution in [0.15, 0.2) is 18.2 Å². The molecule has 0 aliphatic carbocycles. The van der Waals surface area contributed by atoms with Gasteiger partial charge in [0.15, 0.2) is 0 Å². The zero-order valence-corrected chi connectivity index (χ0v) is 20.7. The van der Waals surface area contributed by atoms with Gasteiger partial charge in [0.2, 0.25) is 17.8 Å². The summed E-state index contributed by atoms with van der Waals surface area (Å²) >= 11 is 6.26. The minimum Gasteiger partial charge on any atom is -0.493 e. The van der Waals surface area contributed by atoms with E-state index in [0.29, 0.717) is 42.7 Å². The monoisotopic (exact) mass is 475 g/mol. The number of hydrogen-bond acceptors (Lipinski definition) is 9. The van der Waals surface area contributed by atoms with Crippen molar-refractivity contribution in [2.45, 2.75) is 26.3 Å². The molecular weight excluding hydrogens is 442 g/mol. The molecule has 0 radical (unpaired) electrons. The molecule has 2 N–H and O–H groups in total. The maximum atomic E-state index is 6.26. The molecule has 180 valence electrons. The minimum atomic E-state index is 0.00502. The Morgan fingerprint density at radius 3 is 2.64 bits per heavy atom. The lowest BCUT2D eigenvalue weighted by molar-refractivity contribution is 0.122. The van der Waals surface area contributed by atoms with E-state index in [1.54, 1.807) is 0 Å². The number of nitrogens with zero attached hydrogens (tertiary/aromatic N) is 5. The van der Waals surface area contributed by atoms with E-state index in [-0.39, 0.29) is 11.5 Å². The summed E-state index contributed by atoms with van der Waals surface area (Å²) in [4.78, 5) is 18.5. The van der Waals surface area contributed by atoms with Crippen molar-refractivity contribution in [3.05, 3.63) is 28.8 Å². The van der Waals surface area contributed by atoms with Crippen LogP contribution in [0.25, 0.3) is 0 Å². The summed E-state index contributed by atoms with van der Waals surface area (Å²) in [6.45, 7) is 9.61. The van der Waals surface area contributed by atoms with Gasteiger partial charge in [-0.15, -0.1) is 0 Å².